The third kappa shape index (κ3) is 3.10. The van der Waals surface area contributed by atoms with Crippen LogP contribution < -0.4 is 5.32 Å². The van der Waals surface area contributed by atoms with Gasteiger partial charge in [0, 0.05) is 37.4 Å². The number of likely N-dealkylation sites (N-methyl/N-ethyl adjacent to an activating group) is 1. The van der Waals surface area contributed by atoms with Crippen LogP contribution in [0.4, 0.5) is 0 Å². The van der Waals surface area contributed by atoms with Crippen LogP contribution in [0.3, 0.4) is 0 Å². The van der Waals surface area contributed by atoms with E-state index in [1.807, 2.05) is 24.3 Å². The predicted molar refractivity (Wildman–Crippen MR) is 70.2 cm³/mol. The lowest BCUT2D eigenvalue weighted by molar-refractivity contribution is -0.123. The summed E-state index contributed by atoms with van der Waals surface area (Å²) in [6.45, 7) is 5.48. The lowest BCUT2D eigenvalue weighted by atomic mass is 10.1. The average Bonchev–Trinajstić information content (AvgIpc) is 2.75. The van der Waals surface area contributed by atoms with Crippen molar-refractivity contribution >= 4 is 5.91 Å². The van der Waals surface area contributed by atoms with Crippen LogP contribution in [0.2, 0.25) is 0 Å². The molecule has 0 unspecified atom stereocenters. The van der Waals surface area contributed by atoms with Crippen LogP contribution >= 0.6 is 0 Å². The zero-order valence-electron chi connectivity index (χ0n) is 11.4. The highest BCUT2D eigenvalue weighted by molar-refractivity contribution is 5.78. The van der Waals surface area contributed by atoms with Crippen molar-refractivity contribution in [3.63, 3.8) is 0 Å². The van der Waals surface area contributed by atoms with Gasteiger partial charge in [0.05, 0.1) is 6.54 Å². The number of hydrogen-bond donors (Lipinski definition) is 1. The summed E-state index contributed by atoms with van der Waals surface area (Å²) >= 11 is 0. The molecule has 0 aromatic carbocycles. The van der Waals surface area contributed by atoms with Crippen LogP contribution in [0.15, 0.2) is 12.4 Å². The molecular weight excluding hydrogens is 228 g/mol. The van der Waals surface area contributed by atoms with Gasteiger partial charge < -0.3 is 9.88 Å². The van der Waals surface area contributed by atoms with E-state index in [9.17, 15) is 4.79 Å². The Morgan fingerprint density at radius 1 is 1.67 bits per heavy atom. The number of nitrogens with zero attached hydrogens (tertiary/aromatic N) is 3. The van der Waals surface area contributed by atoms with Crippen LogP contribution in [0.25, 0.3) is 0 Å². The molecule has 0 radical (unpaired) electrons. The van der Waals surface area contributed by atoms with Crippen LogP contribution in [0.5, 0.6) is 0 Å². The number of carbonyl (C=O) groups is 1. The summed E-state index contributed by atoms with van der Waals surface area (Å²) in [5.41, 5.74) is 0. The second kappa shape index (κ2) is 5.52. The molecule has 1 aliphatic rings. The molecule has 2 heterocycles. The minimum atomic E-state index is 0.111. The van der Waals surface area contributed by atoms with Crippen LogP contribution in [0.1, 0.15) is 26.1 Å². The highest BCUT2D eigenvalue weighted by Crippen LogP contribution is 2.12. The fourth-order valence-corrected chi connectivity index (χ4v) is 2.17. The highest BCUT2D eigenvalue weighted by Gasteiger charge is 2.20. The molecule has 1 aliphatic heterocycles. The van der Waals surface area contributed by atoms with Gasteiger partial charge >= 0.3 is 0 Å². The van der Waals surface area contributed by atoms with E-state index in [0.717, 1.165) is 25.2 Å². The number of aromatic nitrogens is 2. The van der Waals surface area contributed by atoms with E-state index in [2.05, 4.69) is 28.7 Å². The molecule has 0 saturated heterocycles. The first-order chi connectivity index (χ1) is 8.56. The molecule has 0 bridgehead atoms. The van der Waals surface area contributed by atoms with E-state index < -0.39 is 0 Å². The van der Waals surface area contributed by atoms with Gasteiger partial charge in [0.1, 0.15) is 5.82 Å². The first-order valence-electron chi connectivity index (χ1n) is 6.56. The van der Waals surface area contributed by atoms with Crippen LogP contribution in [0, 0.1) is 0 Å². The molecule has 1 aromatic rings. The number of fused-ring (bicyclic) bond motifs is 1. The number of aryl methyl sites for hydroxylation is 1. The van der Waals surface area contributed by atoms with Gasteiger partial charge in [0.25, 0.3) is 0 Å². The van der Waals surface area contributed by atoms with Crippen LogP contribution in [-0.4, -0.2) is 46.0 Å². The number of rotatable bonds is 4. The van der Waals surface area contributed by atoms with Gasteiger partial charge in [-0.1, -0.05) is 0 Å². The second-order valence-corrected chi connectivity index (χ2v) is 5.31. The molecule has 100 valence electrons. The summed E-state index contributed by atoms with van der Waals surface area (Å²) in [6, 6.07) is 0.627. The minimum Gasteiger partial charge on any atom is -0.350 e. The lowest BCUT2D eigenvalue weighted by Crippen LogP contribution is -2.45. The Bertz CT molecular complexity index is 413. The lowest BCUT2D eigenvalue weighted by Gasteiger charge is -2.26. The second-order valence-electron chi connectivity index (χ2n) is 5.31. The summed E-state index contributed by atoms with van der Waals surface area (Å²) in [4.78, 5) is 18.2. The van der Waals surface area contributed by atoms with Gasteiger partial charge in [0.15, 0.2) is 0 Å². The first kappa shape index (κ1) is 13.1. The van der Waals surface area contributed by atoms with Crippen LogP contribution in [-0.2, 0) is 17.8 Å². The Balaban J connectivity index is 1.83. The molecule has 5 heteroatoms. The molecule has 1 amide bonds. The van der Waals surface area contributed by atoms with E-state index in [0.29, 0.717) is 12.6 Å². The van der Waals surface area contributed by atoms with Gasteiger partial charge in [0.2, 0.25) is 5.91 Å². The Morgan fingerprint density at radius 2 is 2.44 bits per heavy atom. The number of imidazole rings is 1. The molecule has 1 atom stereocenters. The third-order valence-corrected chi connectivity index (χ3v) is 3.57. The zero-order valence-corrected chi connectivity index (χ0v) is 11.4. The molecular formula is C13H22N4O. The molecule has 0 aliphatic carbocycles. The van der Waals surface area contributed by atoms with Crippen molar-refractivity contribution in [1.29, 1.82) is 0 Å². The van der Waals surface area contributed by atoms with E-state index in [1.165, 1.54) is 0 Å². The molecule has 0 fully saturated rings. The summed E-state index contributed by atoms with van der Waals surface area (Å²) in [5, 5.41) is 3.11. The summed E-state index contributed by atoms with van der Waals surface area (Å²) < 4.78 is 2.13. The van der Waals surface area contributed by atoms with E-state index in [-0.39, 0.29) is 11.9 Å². The molecule has 1 N–H and O–H groups in total. The topological polar surface area (TPSA) is 50.2 Å². The maximum absolute atomic E-state index is 11.9. The Kier molecular flexibility index (Phi) is 4.01. The summed E-state index contributed by atoms with van der Waals surface area (Å²) in [6.07, 6.45) is 5.73. The summed E-state index contributed by atoms with van der Waals surface area (Å²) in [5.74, 6) is 1.24. The molecule has 18 heavy (non-hydrogen) atoms. The van der Waals surface area contributed by atoms with Crippen molar-refractivity contribution in [2.24, 2.45) is 0 Å². The first-order valence-corrected chi connectivity index (χ1v) is 6.56. The molecule has 5 nitrogen and oxygen atoms in total. The maximum Gasteiger partial charge on any atom is 0.234 e. The van der Waals surface area contributed by atoms with Crippen molar-refractivity contribution in [3.8, 4) is 0 Å². The SMILES string of the molecule is CC(C)N(C)CC(=O)N[C@H]1CCc2nccn2C1. The van der Waals surface area contributed by atoms with Gasteiger partial charge in [-0.2, -0.15) is 0 Å². The number of amides is 1. The van der Waals surface area contributed by atoms with Gasteiger partial charge in [-0.05, 0) is 27.3 Å². The predicted octanol–water partition coefficient (Wildman–Crippen LogP) is 0.654. The molecule has 0 spiro atoms. The van der Waals surface area contributed by atoms with Gasteiger partial charge in [-0.3, -0.25) is 9.69 Å². The minimum absolute atomic E-state index is 0.111. The standard InChI is InChI=1S/C13H22N4O/c1-10(2)16(3)9-13(18)15-11-4-5-12-14-6-7-17(12)8-11/h6-7,10-11H,4-5,8-9H2,1-3H3,(H,15,18)/t11-/m0/s1. The van der Waals surface area contributed by atoms with Crippen molar-refractivity contribution < 1.29 is 4.79 Å². The Hall–Kier alpha value is -1.36. The van der Waals surface area contributed by atoms with E-state index in [1.54, 1.807) is 0 Å². The molecule has 2 rings (SSSR count). The monoisotopic (exact) mass is 250 g/mol. The normalized spacial score (nSPS) is 19.1. The Labute approximate surface area is 108 Å². The fourth-order valence-electron chi connectivity index (χ4n) is 2.17. The zero-order chi connectivity index (χ0) is 13.1. The largest absolute Gasteiger partial charge is 0.350 e. The smallest absolute Gasteiger partial charge is 0.234 e. The molecule has 1 aromatic heterocycles. The summed E-state index contributed by atoms with van der Waals surface area (Å²) in [7, 11) is 1.97. The molecule has 0 saturated carbocycles. The van der Waals surface area contributed by atoms with Gasteiger partial charge in [-0.15, -0.1) is 0 Å². The number of nitrogens with one attached hydrogen (secondary N) is 1. The third-order valence-electron chi connectivity index (χ3n) is 3.57. The van der Waals surface area contributed by atoms with Crippen molar-refractivity contribution in [3.05, 3.63) is 18.2 Å². The fraction of sp³-hybridized carbons (Fsp3) is 0.692. The van der Waals surface area contributed by atoms with E-state index >= 15 is 0 Å². The highest BCUT2D eigenvalue weighted by atomic mass is 16.2. The Morgan fingerprint density at radius 3 is 3.17 bits per heavy atom. The number of hydrogen-bond acceptors (Lipinski definition) is 3. The van der Waals surface area contributed by atoms with Crippen molar-refractivity contribution in [2.45, 2.75) is 45.3 Å². The maximum atomic E-state index is 11.9. The van der Waals surface area contributed by atoms with Gasteiger partial charge in [-0.25, -0.2) is 4.98 Å². The van der Waals surface area contributed by atoms with Crippen molar-refractivity contribution in [1.82, 2.24) is 19.8 Å². The van der Waals surface area contributed by atoms with Crippen molar-refractivity contribution in [2.75, 3.05) is 13.6 Å². The number of carbonyl (C=O) groups excluding carboxylic acids is 1. The quantitative estimate of drug-likeness (QED) is 0.854. The average molecular weight is 250 g/mol. The van der Waals surface area contributed by atoms with E-state index in [4.69, 9.17) is 0 Å².